The Kier molecular flexibility index (Phi) is 4.58. The molecular weight excluding hydrogens is 366 g/mol. The Hall–Kier alpha value is -2.12. The lowest BCUT2D eigenvalue weighted by atomic mass is 10.1. The van der Waals surface area contributed by atoms with E-state index < -0.39 is 0 Å². The molecule has 2 heterocycles. The summed E-state index contributed by atoms with van der Waals surface area (Å²) >= 11 is 2.82. The molecule has 1 amide bonds. The Labute approximate surface area is 159 Å². The molecule has 2 aromatic heterocycles. The van der Waals surface area contributed by atoms with Crippen LogP contribution in [0.25, 0.3) is 15.9 Å². The largest absolute Gasteiger partial charge is 0.358 e. The summed E-state index contributed by atoms with van der Waals surface area (Å²) in [7, 11) is 1.61. The van der Waals surface area contributed by atoms with Gasteiger partial charge in [-0.1, -0.05) is 30.0 Å². The van der Waals surface area contributed by atoms with Crippen LogP contribution in [0.5, 0.6) is 0 Å². The van der Waals surface area contributed by atoms with Crippen LogP contribution in [0.3, 0.4) is 0 Å². The zero-order chi connectivity index (χ0) is 18.3. The normalized spacial score (nSPS) is 15.2. The van der Waals surface area contributed by atoms with Gasteiger partial charge in [0.2, 0.25) is 5.91 Å². The lowest BCUT2D eigenvalue weighted by Gasteiger charge is -2.15. The van der Waals surface area contributed by atoms with E-state index in [1.54, 1.807) is 11.6 Å². The summed E-state index contributed by atoms with van der Waals surface area (Å²) in [5.74, 6) is 0.402. The molecule has 0 spiro atoms. The van der Waals surface area contributed by atoms with Crippen LogP contribution >= 0.6 is 23.1 Å². The van der Waals surface area contributed by atoms with Crippen LogP contribution in [0.2, 0.25) is 0 Å². The Morgan fingerprint density at radius 2 is 2.08 bits per heavy atom. The third kappa shape index (κ3) is 3.05. The molecular formula is C19H19N3O2S2. The van der Waals surface area contributed by atoms with E-state index in [1.807, 2.05) is 37.3 Å². The number of nitrogens with zero attached hydrogens (tertiary/aromatic N) is 2. The van der Waals surface area contributed by atoms with Gasteiger partial charge in [-0.3, -0.25) is 14.2 Å². The molecule has 1 N–H and O–H groups in total. The molecule has 5 nitrogen and oxygen atoms in total. The molecule has 134 valence electrons. The fraction of sp³-hybridized carbons (Fsp3) is 0.316. The highest BCUT2D eigenvalue weighted by atomic mass is 32.2. The first-order valence-corrected chi connectivity index (χ1v) is 10.3. The number of fused-ring (bicyclic) bond motifs is 1. The summed E-state index contributed by atoms with van der Waals surface area (Å²) in [6, 6.07) is 9.51. The van der Waals surface area contributed by atoms with Crippen LogP contribution in [0.15, 0.2) is 45.7 Å². The molecule has 1 aliphatic rings. The second-order valence-electron chi connectivity index (χ2n) is 6.39. The summed E-state index contributed by atoms with van der Waals surface area (Å²) in [5.41, 5.74) is 1.85. The Morgan fingerprint density at radius 3 is 2.73 bits per heavy atom. The van der Waals surface area contributed by atoms with Crippen molar-refractivity contribution in [3.8, 4) is 5.69 Å². The molecule has 26 heavy (non-hydrogen) atoms. The van der Waals surface area contributed by atoms with Crippen LogP contribution < -0.4 is 10.9 Å². The third-order valence-corrected chi connectivity index (χ3v) is 6.48. The van der Waals surface area contributed by atoms with Gasteiger partial charge in [-0.05, 0) is 48.8 Å². The van der Waals surface area contributed by atoms with E-state index >= 15 is 0 Å². The third-order valence-electron chi connectivity index (χ3n) is 4.53. The summed E-state index contributed by atoms with van der Waals surface area (Å²) in [4.78, 5) is 30.9. The molecule has 0 bridgehead atoms. The molecule has 1 saturated carbocycles. The first kappa shape index (κ1) is 17.3. The zero-order valence-electron chi connectivity index (χ0n) is 14.6. The predicted molar refractivity (Wildman–Crippen MR) is 107 cm³/mol. The van der Waals surface area contributed by atoms with Crippen molar-refractivity contribution in [1.82, 2.24) is 14.9 Å². The maximum absolute atomic E-state index is 13.4. The number of hydrogen-bond acceptors (Lipinski definition) is 5. The molecule has 1 aromatic carbocycles. The minimum Gasteiger partial charge on any atom is -0.358 e. The van der Waals surface area contributed by atoms with Gasteiger partial charge >= 0.3 is 0 Å². The van der Waals surface area contributed by atoms with Crippen molar-refractivity contribution in [2.24, 2.45) is 0 Å². The summed E-state index contributed by atoms with van der Waals surface area (Å²) < 4.78 is 1.64. The molecule has 0 aliphatic heterocycles. The number of carbonyl (C=O) groups excluding carboxylic acids is 1. The van der Waals surface area contributed by atoms with Crippen LogP contribution in [0.4, 0.5) is 0 Å². The molecule has 1 fully saturated rings. The fourth-order valence-corrected chi connectivity index (χ4v) is 5.03. The molecule has 4 rings (SSSR count). The zero-order valence-corrected chi connectivity index (χ0v) is 16.2. The number of hydrogen-bond donors (Lipinski definition) is 1. The highest BCUT2D eigenvalue weighted by molar-refractivity contribution is 8.00. The van der Waals surface area contributed by atoms with Gasteiger partial charge in [0.15, 0.2) is 5.16 Å². The van der Waals surface area contributed by atoms with Gasteiger partial charge in [-0.2, -0.15) is 0 Å². The van der Waals surface area contributed by atoms with Gasteiger partial charge in [0.1, 0.15) is 4.83 Å². The van der Waals surface area contributed by atoms with E-state index in [4.69, 9.17) is 4.98 Å². The number of rotatable bonds is 5. The van der Waals surface area contributed by atoms with E-state index in [0.29, 0.717) is 11.1 Å². The van der Waals surface area contributed by atoms with Crippen molar-refractivity contribution in [3.63, 3.8) is 0 Å². The van der Waals surface area contributed by atoms with Gasteiger partial charge in [0.25, 0.3) is 5.56 Å². The van der Waals surface area contributed by atoms with Crippen molar-refractivity contribution in [3.05, 3.63) is 51.6 Å². The van der Waals surface area contributed by atoms with E-state index in [1.165, 1.54) is 23.1 Å². The Balaban J connectivity index is 1.92. The molecule has 0 radical (unpaired) electrons. The average molecular weight is 386 g/mol. The van der Waals surface area contributed by atoms with Gasteiger partial charge < -0.3 is 5.32 Å². The first-order valence-electron chi connectivity index (χ1n) is 8.58. The van der Waals surface area contributed by atoms with Crippen LogP contribution in [0, 0.1) is 0 Å². The second-order valence-corrected chi connectivity index (χ2v) is 8.56. The van der Waals surface area contributed by atoms with Crippen molar-refractivity contribution in [1.29, 1.82) is 0 Å². The lowest BCUT2D eigenvalue weighted by Crippen LogP contribution is -2.29. The Bertz CT molecular complexity index is 1020. The van der Waals surface area contributed by atoms with Crippen LogP contribution in [0.1, 0.15) is 31.2 Å². The highest BCUT2D eigenvalue weighted by Gasteiger charge is 2.29. The van der Waals surface area contributed by atoms with Crippen LogP contribution in [-0.4, -0.2) is 27.8 Å². The highest BCUT2D eigenvalue weighted by Crippen LogP contribution is 2.44. The van der Waals surface area contributed by atoms with E-state index in [9.17, 15) is 9.59 Å². The van der Waals surface area contributed by atoms with Crippen LogP contribution in [-0.2, 0) is 4.79 Å². The standard InChI is InChI=1S/C19H19N3O2S2/c1-11(16(23)20-2)26-19-21-17-15(14(10-25-17)12-8-9-12)18(24)22(19)13-6-4-3-5-7-13/h3-7,10-12H,8-9H2,1-2H3,(H,20,23). The fourth-order valence-electron chi connectivity index (χ4n) is 2.99. The predicted octanol–water partition coefficient (Wildman–Crippen LogP) is 3.55. The number of thioether (sulfide) groups is 1. The quantitative estimate of drug-likeness (QED) is 0.539. The number of para-hydroxylation sites is 1. The monoisotopic (exact) mass is 385 g/mol. The number of amides is 1. The maximum atomic E-state index is 13.4. The molecule has 7 heteroatoms. The van der Waals surface area contributed by atoms with E-state index in [2.05, 4.69) is 10.7 Å². The number of thiophene rings is 1. The van der Waals surface area contributed by atoms with Gasteiger partial charge in [0, 0.05) is 7.05 Å². The number of benzene rings is 1. The molecule has 0 saturated heterocycles. The van der Waals surface area contributed by atoms with Crippen molar-refractivity contribution in [2.45, 2.75) is 36.1 Å². The molecule has 1 atom stereocenters. The average Bonchev–Trinajstić information content (AvgIpc) is 3.41. The summed E-state index contributed by atoms with van der Waals surface area (Å²) in [5, 5.41) is 5.66. The minimum atomic E-state index is -0.345. The smallest absolute Gasteiger partial charge is 0.267 e. The van der Waals surface area contributed by atoms with E-state index in [0.717, 1.165) is 34.3 Å². The first-order chi connectivity index (χ1) is 12.6. The van der Waals surface area contributed by atoms with Crippen molar-refractivity contribution in [2.75, 3.05) is 7.05 Å². The summed E-state index contributed by atoms with van der Waals surface area (Å²) in [6.45, 7) is 1.82. The topological polar surface area (TPSA) is 64.0 Å². The lowest BCUT2D eigenvalue weighted by molar-refractivity contribution is -0.119. The van der Waals surface area contributed by atoms with Gasteiger partial charge in [-0.25, -0.2) is 4.98 Å². The maximum Gasteiger partial charge on any atom is 0.267 e. The molecule has 1 aliphatic carbocycles. The molecule has 1 unspecified atom stereocenters. The second kappa shape index (κ2) is 6.89. The SMILES string of the molecule is CNC(=O)C(C)Sc1nc2scc(C3CC3)c2c(=O)n1-c1ccccc1. The van der Waals surface area contributed by atoms with Gasteiger partial charge in [0.05, 0.1) is 16.3 Å². The minimum absolute atomic E-state index is 0.0454. The number of carbonyl (C=O) groups is 1. The van der Waals surface area contributed by atoms with E-state index in [-0.39, 0.29) is 16.7 Å². The van der Waals surface area contributed by atoms with Crippen molar-refractivity contribution < 1.29 is 4.79 Å². The van der Waals surface area contributed by atoms with Crippen molar-refractivity contribution >= 4 is 39.2 Å². The van der Waals surface area contributed by atoms with Gasteiger partial charge in [-0.15, -0.1) is 11.3 Å². The Morgan fingerprint density at radius 1 is 1.35 bits per heavy atom. The number of aromatic nitrogens is 2. The molecule has 3 aromatic rings. The summed E-state index contributed by atoms with van der Waals surface area (Å²) in [6.07, 6.45) is 2.28. The number of nitrogens with one attached hydrogen (secondary N) is 1.